The van der Waals surface area contributed by atoms with Crippen LogP contribution in [0, 0.1) is 11.8 Å². The van der Waals surface area contributed by atoms with Crippen LogP contribution in [0.15, 0.2) is 30.3 Å². The third-order valence-corrected chi connectivity index (χ3v) is 4.33. The van der Waals surface area contributed by atoms with Gasteiger partial charge in [-0.05, 0) is 25.0 Å². The molecule has 3 amide bonds. The predicted molar refractivity (Wildman–Crippen MR) is 106 cm³/mol. The van der Waals surface area contributed by atoms with E-state index in [0.717, 1.165) is 18.4 Å². The second-order valence-electron chi connectivity index (χ2n) is 6.12. The second-order valence-corrected chi connectivity index (χ2v) is 6.12. The summed E-state index contributed by atoms with van der Waals surface area (Å²) in [6.45, 7) is 7.92. The molecule has 0 radical (unpaired) electrons. The minimum Gasteiger partial charge on any atom is -0.339 e. The topological polar surface area (TPSA) is 52.7 Å². The molecule has 5 heteroatoms. The van der Waals surface area contributed by atoms with Gasteiger partial charge in [0.25, 0.3) is 0 Å². The van der Waals surface area contributed by atoms with Gasteiger partial charge in [0, 0.05) is 38.7 Å². The van der Waals surface area contributed by atoms with Gasteiger partial charge in [0.1, 0.15) is 5.54 Å². The summed E-state index contributed by atoms with van der Waals surface area (Å²) in [5.41, 5.74) is 0.591. The van der Waals surface area contributed by atoms with Gasteiger partial charge in [0.15, 0.2) is 0 Å². The number of rotatable bonds is 1. The fourth-order valence-corrected chi connectivity index (χ4v) is 2.63. The van der Waals surface area contributed by atoms with Crippen LogP contribution in [-0.2, 0) is 4.79 Å². The van der Waals surface area contributed by atoms with Crippen molar-refractivity contribution < 1.29 is 9.59 Å². The summed E-state index contributed by atoms with van der Waals surface area (Å²) in [5.74, 6) is 6.42. The molecule has 1 aromatic rings. The van der Waals surface area contributed by atoms with Crippen LogP contribution in [0.1, 0.15) is 46.6 Å². The van der Waals surface area contributed by atoms with E-state index in [1.54, 1.807) is 16.7 Å². The van der Waals surface area contributed by atoms with Gasteiger partial charge in [0.2, 0.25) is 5.91 Å². The summed E-state index contributed by atoms with van der Waals surface area (Å²) >= 11 is 0. The van der Waals surface area contributed by atoms with Crippen LogP contribution < -0.4 is 5.32 Å². The zero-order valence-corrected chi connectivity index (χ0v) is 15.3. The molecule has 1 saturated heterocycles. The van der Waals surface area contributed by atoms with Crippen LogP contribution in [0.5, 0.6) is 0 Å². The summed E-state index contributed by atoms with van der Waals surface area (Å²) < 4.78 is 0. The van der Waals surface area contributed by atoms with Crippen molar-refractivity contribution in [1.82, 2.24) is 15.1 Å². The van der Waals surface area contributed by atoms with Crippen molar-refractivity contribution in [2.75, 3.05) is 26.2 Å². The van der Waals surface area contributed by atoms with Crippen LogP contribution in [-0.4, -0.2) is 53.5 Å². The minimum atomic E-state index is -0.370. The highest BCUT2D eigenvalue weighted by Crippen LogP contribution is 2.34. The molecule has 2 fully saturated rings. The Morgan fingerprint density at radius 1 is 1.00 bits per heavy atom. The van der Waals surface area contributed by atoms with Gasteiger partial charge in [-0.1, -0.05) is 51.3 Å². The van der Waals surface area contributed by atoms with Crippen molar-refractivity contribution in [2.45, 2.75) is 46.6 Å². The fourth-order valence-electron chi connectivity index (χ4n) is 2.63. The number of carbonyl (C=O) groups excluding carboxylic acids is 2. The smallest absolute Gasteiger partial charge is 0.318 e. The first-order chi connectivity index (χ1) is 12.1. The maximum atomic E-state index is 12.4. The number of hydrogen-bond donors (Lipinski definition) is 1. The molecule has 1 N–H and O–H groups in total. The number of nitrogens with zero attached hydrogens (tertiary/aromatic N) is 2. The van der Waals surface area contributed by atoms with E-state index < -0.39 is 0 Å². The molecule has 1 aliphatic heterocycles. The molecule has 5 nitrogen and oxygen atoms in total. The number of piperazine rings is 1. The first-order valence-corrected chi connectivity index (χ1v) is 8.99. The lowest BCUT2D eigenvalue weighted by Gasteiger charge is -2.34. The minimum absolute atomic E-state index is 0. The molecule has 142 valence electrons. The summed E-state index contributed by atoms with van der Waals surface area (Å²) in [4.78, 5) is 27.2. The van der Waals surface area contributed by atoms with Gasteiger partial charge in [-0.25, -0.2) is 4.79 Å². The van der Waals surface area contributed by atoms with E-state index in [2.05, 4.69) is 17.2 Å². The summed E-state index contributed by atoms with van der Waals surface area (Å²) in [6, 6.07) is 9.72. The van der Waals surface area contributed by atoms with Crippen LogP contribution in [0.25, 0.3) is 0 Å². The summed E-state index contributed by atoms with van der Waals surface area (Å²) in [7, 11) is 0. The Morgan fingerprint density at radius 3 is 2.04 bits per heavy atom. The maximum absolute atomic E-state index is 12.4. The van der Waals surface area contributed by atoms with Crippen LogP contribution in [0.4, 0.5) is 4.79 Å². The molecular weight excluding hydrogens is 326 g/mol. The number of amides is 3. The monoisotopic (exact) mass is 357 g/mol. The highest BCUT2D eigenvalue weighted by molar-refractivity contribution is 5.77. The number of urea groups is 1. The molecule has 0 atom stereocenters. The van der Waals surface area contributed by atoms with Crippen LogP contribution >= 0.6 is 0 Å². The van der Waals surface area contributed by atoms with E-state index in [1.165, 1.54) is 0 Å². The average molecular weight is 357 g/mol. The van der Waals surface area contributed by atoms with Gasteiger partial charge in [0.05, 0.1) is 0 Å². The van der Waals surface area contributed by atoms with Crippen molar-refractivity contribution in [2.24, 2.45) is 0 Å². The van der Waals surface area contributed by atoms with Gasteiger partial charge >= 0.3 is 6.03 Å². The maximum Gasteiger partial charge on any atom is 0.318 e. The third-order valence-electron chi connectivity index (χ3n) is 4.33. The first-order valence-electron chi connectivity index (χ1n) is 8.99. The van der Waals surface area contributed by atoms with Crippen molar-refractivity contribution in [1.29, 1.82) is 0 Å². The Labute approximate surface area is 157 Å². The SMILES string of the molecule is C.CC.CC(=O)N1CCN(C(=O)NC2(C#Cc3ccccc3)CC2)CC1. The van der Waals surface area contributed by atoms with Gasteiger partial charge in [-0.3, -0.25) is 4.79 Å². The van der Waals surface area contributed by atoms with E-state index in [9.17, 15) is 9.59 Å². The lowest BCUT2D eigenvalue weighted by Crippen LogP contribution is -2.54. The predicted octanol–water partition coefficient (Wildman–Crippen LogP) is 3.11. The van der Waals surface area contributed by atoms with Crippen molar-refractivity contribution in [3.63, 3.8) is 0 Å². The Bertz CT molecular complexity index is 649. The van der Waals surface area contributed by atoms with Crippen molar-refractivity contribution in [3.8, 4) is 11.8 Å². The molecular formula is C21H31N3O2. The zero-order valence-electron chi connectivity index (χ0n) is 15.3. The van der Waals surface area contributed by atoms with Gasteiger partial charge in [-0.2, -0.15) is 0 Å². The quantitative estimate of drug-likeness (QED) is 0.785. The van der Waals surface area contributed by atoms with Crippen LogP contribution in [0.2, 0.25) is 0 Å². The summed E-state index contributed by atoms with van der Waals surface area (Å²) in [6.07, 6.45) is 1.79. The third kappa shape index (κ3) is 5.80. The second kappa shape index (κ2) is 9.86. The molecule has 3 rings (SSSR count). The van der Waals surface area contributed by atoms with E-state index in [-0.39, 0.29) is 24.9 Å². The number of nitrogens with one attached hydrogen (secondary N) is 1. The Morgan fingerprint density at radius 2 is 1.54 bits per heavy atom. The molecule has 1 saturated carbocycles. The molecule has 1 heterocycles. The normalized spacial score (nSPS) is 16.7. The lowest BCUT2D eigenvalue weighted by atomic mass is 10.2. The highest BCUT2D eigenvalue weighted by Gasteiger charge is 2.43. The zero-order chi connectivity index (χ0) is 18.3. The lowest BCUT2D eigenvalue weighted by molar-refractivity contribution is -0.130. The summed E-state index contributed by atoms with van der Waals surface area (Å²) in [5, 5.41) is 3.06. The van der Waals surface area contributed by atoms with Gasteiger partial charge in [-0.15, -0.1) is 0 Å². The molecule has 26 heavy (non-hydrogen) atoms. The van der Waals surface area contributed by atoms with Crippen molar-refractivity contribution in [3.05, 3.63) is 35.9 Å². The molecule has 0 spiro atoms. The first kappa shape index (κ1) is 21.6. The molecule has 0 aromatic heterocycles. The number of carbonyl (C=O) groups is 2. The van der Waals surface area contributed by atoms with Crippen molar-refractivity contribution >= 4 is 11.9 Å². The number of benzene rings is 1. The van der Waals surface area contributed by atoms with E-state index in [1.807, 2.05) is 44.2 Å². The van der Waals surface area contributed by atoms with E-state index in [0.29, 0.717) is 26.2 Å². The molecule has 1 aliphatic carbocycles. The number of hydrogen-bond acceptors (Lipinski definition) is 2. The standard InChI is InChI=1S/C18H21N3O2.C2H6.CH4/c1-15(22)20-11-13-21(14-12-20)17(23)19-18(9-10-18)8-7-16-5-3-2-4-6-16;1-2;/h2-6H,9-14H2,1H3,(H,19,23);1-2H3;1H4. The molecule has 0 unspecified atom stereocenters. The molecule has 2 aliphatic rings. The van der Waals surface area contributed by atoms with E-state index >= 15 is 0 Å². The molecule has 0 bridgehead atoms. The highest BCUT2D eigenvalue weighted by atomic mass is 16.2. The largest absolute Gasteiger partial charge is 0.339 e. The van der Waals surface area contributed by atoms with E-state index in [4.69, 9.17) is 0 Å². The Balaban J connectivity index is 0.00000109. The fraction of sp³-hybridized carbons (Fsp3) is 0.524. The van der Waals surface area contributed by atoms with Gasteiger partial charge < -0.3 is 15.1 Å². The Hall–Kier alpha value is -2.48. The average Bonchev–Trinajstić information content (AvgIpc) is 3.42. The molecule has 1 aromatic carbocycles. The van der Waals surface area contributed by atoms with Crippen LogP contribution in [0.3, 0.4) is 0 Å². The Kier molecular flexibility index (Phi) is 8.18.